The van der Waals surface area contributed by atoms with E-state index in [2.05, 4.69) is 20.6 Å². The van der Waals surface area contributed by atoms with Gasteiger partial charge < -0.3 is 24.8 Å². The molecule has 0 saturated heterocycles. The van der Waals surface area contributed by atoms with Crippen LogP contribution in [0.4, 0.5) is 11.5 Å². The molecule has 29 heavy (non-hydrogen) atoms. The van der Waals surface area contributed by atoms with Crippen molar-refractivity contribution in [1.29, 1.82) is 0 Å². The molecule has 0 radical (unpaired) electrons. The third-order valence-electron chi connectivity index (χ3n) is 4.17. The Morgan fingerprint density at radius 2 is 1.66 bits per heavy atom. The first-order chi connectivity index (χ1) is 14.1. The summed E-state index contributed by atoms with van der Waals surface area (Å²) >= 11 is 0. The number of amides is 1. The molecule has 0 aliphatic carbocycles. The number of benzene rings is 1. The van der Waals surface area contributed by atoms with E-state index in [0.29, 0.717) is 40.9 Å². The zero-order valence-corrected chi connectivity index (χ0v) is 16.4. The number of carbonyl (C=O) groups is 1. The number of nitrogens with one attached hydrogen (secondary N) is 2. The number of carbonyl (C=O) groups excluding carboxylic acids is 1. The zero-order valence-electron chi connectivity index (χ0n) is 16.4. The van der Waals surface area contributed by atoms with Crippen molar-refractivity contribution in [3.8, 4) is 17.2 Å². The van der Waals surface area contributed by atoms with Gasteiger partial charge in [0.1, 0.15) is 5.82 Å². The van der Waals surface area contributed by atoms with Crippen LogP contribution in [0, 0.1) is 0 Å². The molecule has 0 unspecified atom stereocenters. The Labute approximate surface area is 168 Å². The lowest BCUT2D eigenvalue weighted by Gasteiger charge is -2.14. The first-order valence-electron chi connectivity index (χ1n) is 8.84. The highest BCUT2D eigenvalue weighted by Crippen LogP contribution is 2.38. The lowest BCUT2D eigenvalue weighted by molar-refractivity contribution is 0.102. The number of methoxy groups -OCH3 is 3. The maximum absolute atomic E-state index is 12.6. The van der Waals surface area contributed by atoms with Crippen molar-refractivity contribution in [2.24, 2.45) is 0 Å². The summed E-state index contributed by atoms with van der Waals surface area (Å²) in [7, 11) is 4.51. The van der Waals surface area contributed by atoms with Gasteiger partial charge in [0.15, 0.2) is 11.5 Å². The second-order valence-electron chi connectivity index (χ2n) is 6.01. The monoisotopic (exact) mass is 394 g/mol. The lowest BCUT2D eigenvalue weighted by Crippen LogP contribution is -2.13. The van der Waals surface area contributed by atoms with Crippen molar-refractivity contribution >= 4 is 17.4 Å². The molecule has 2 N–H and O–H groups in total. The Bertz CT molecular complexity index is 937. The van der Waals surface area contributed by atoms with Gasteiger partial charge in [-0.1, -0.05) is 0 Å². The minimum atomic E-state index is -0.316. The SMILES string of the molecule is COc1cc(C(=O)Nc2ccc(NCc3ccncc3)nc2)cc(OC)c1OC. The van der Waals surface area contributed by atoms with E-state index < -0.39 is 0 Å². The van der Waals surface area contributed by atoms with Crippen LogP contribution in [0.2, 0.25) is 0 Å². The fraction of sp³-hybridized carbons (Fsp3) is 0.190. The lowest BCUT2D eigenvalue weighted by atomic mass is 10.1. The van der Waals surface area contributed by atoms with Crippen LogP contribution >= 0.6 is 0 Å². The predicted molar refractivity (Wildman–Crippen MR) is 110 cm³/mol. The topological polar surface area (TPSA) is 94.6 Å². The third kappa shape index (κ3) is 4.92. The molecule has 2 aromatic heterocycles. The molecule has 0 aliphatic heterocycles. The average molecular weight is 394 g/mol. The second kappa shape index (κ2) is 9.41. The van der Waals surface area contributed by atoms with Crippen LogP contribution in [0.3, 0.4) is 0 Å². The first kappa shape index (κ1) is 19.9. The van der Waals surface area contributed by atoms with Crippen molar-refractivity contribution in [3.63, 3.8) is 0 Å². The quantitative estimate of drug-likeness (QED) is 0.605. The van der Waals surface area contributed by atoms with Crippen LogP contribution < -0.4 is 24.8 Å². The Kier molecular flexibility index (Phi) is 6.47. The summed E-state index contributed by atoms with van der Waals surface area (Å²) in [6, 6.07) is 10.6. The minimum Gasteiger partial charge on any atom is -0.493 e. The van der Waals surface area contributed by atoms with Gasteiger partial charge in [0.05, 0.1) is 33.2 Å². The van der Waals surface area contributed by atoms with Crippen LogP contribution in [0.15, 0.2) is 55.0 Å². The molecule has 8 heteroatoms. The Morgan fingerprint density at radius 3 is 2.21 bits per heavy atom. The van der Waals surface area contributed by atoms with Crippen molar-refractivity contribution in [3.05, 3.63) is 66.1 Å². The van der Waals surface area contributed by atoms with Gasteiger partial charge in [-0.15, -0.1) is 0 Å². The standard InChI is InChI=1S/C21H22N4O4/c1-27-17-10-15(11-18(28-2)20(17)29-3)21(26)25-16-4-5-19(24-13-16)23-12-14-6-8-22-9-7-14/h4-11,13H,12H2,1-3H3,(H,23,24)(H,25,26). The smallest absolute Gasteiger partial charge is 0.255 e. The Balaban J connectivity index is 1.67. The number of ether oxygens (including phenoxy) is 3. The van der Waals surface area contributed by atoms with E-state index in [4.69, 9.17) is 14.2 Å². The third-order valence-corrected chi connectivity index (χ3v) is 4.17. The molecule has 2 heterocycles. The molecular formula is C21H22N4O4. The molecule has 3 rings (SSSR count). The summed E-state index contributed by atoms with van der Waals surface area (Å²) < 4.78 is 15.9. The number of rotatable bonds is 8. The summed E-state index contributed by atoms with van der Waals surface area (Å²) in [6.45, 7) is 0.632. The highest BCUT2D eigenvalue weighted by atomic mass is 16.5. The molecule has 0 spiro atoms. The normalized spacial score (nSPS) is 10.2. The molecule has 0 fully saturated rings. The van der Waals surface area contributed by atoms with Gasteiger partial charge in [0, 0.05) is 24.5 Å². The predicted octanol–water partition coefficient (Wildman–Crippen LogP) is 3.37. The van der Waals surface area contributed by atoms with Crippen molar-refractivity contribution in [2.45, 2.75) is 6.54 Å². The fourth-order valence-electron chi connectivity index (χ4n) is 2.68. The molecule has 0 aliphatic rings. The summed E-state index contributed by atoms with van der Waals surface area (Å²) in [6.07, 6.45) is 5.07. The molecule has 0 saturated carbocycles. The fourth-order valence-corrected chi connectivity index (χ4v) is 2.68. The van der Waals surface area contributed by atoms with Gasteiger partial charge in [-0.05, 0) is 42.0 Å². The highest BCUT2D eigenvalue weighted by molar-refractivity contribution is 6.05. The first-order valence-corrected chi connectivity index (χ1v) is 8.84. The average Bonchev–Trinajstić information content (AvgIpc) is 2.78. The van der Waals surface area contributed by atoms with Gasteiger partial charge in [-0.2, -0.15) is 0 Å². The molecule has 150 valence electrons. The van der Waals surface area contributed by atoms with E-state index in [1.165, 1.54) is 21.3 Å². The van der Waals surface area contributed by atoms with Gasteiger partial charge in [-0.25, -0.2) is 4.98 Å². The minimum absolute atomic E-state index is 0.316. The van der Waals surface area contributed by atoms with Crippen molar-refractivity contribution < 1.29 is 19.0 Å². The van der Waals surface area contributed by atoms with Crippen LogP contribution in [0.1, 0.15) is 15.9 Å². The van der Waals surface area contributed by atoms with E-state index in [1.807, 2.05) is 12.1 Å². The van der Waals surface area contributed by atoms with E-state index in [-0.39, 0.29) is 5.91 Å². The van der Waals surface area contributed by atoms with Gasteiger partial charge in [0.2, 0.25) is 5.75 Å². The van der Waals surface area contributed by atoms with E-state index in [9.17, 15) is 4.79 Å². The zero-order chi connectivity index (χ0) is 20.6. The summed E-state index contributed by atoms with van der Waals surface area (Å²) in [5.41, 5.74) is 2.04. The summed E-state index contributed by atoms with van der Waals surface area (Å²) in [4.78, 5) is 20.9. The number of anilines is 2. The Hall–Kier alpha value is -3.81. The molecular weight excluding hydrogens is 372 g/mol. The van der Waals surface area contributed by atoms with E-state index in [0.717, 1.165) is 5.56 Å². The largest absolute Gasteiger partial charge is 0.493 e. The van der Waals surface area contributed by atoms with Crippen molar-refractivity contribution in [2.75, 3.05) is 32.0 Å². The second-order valence-corrected chi connectivity index (χ2v) is 6.01. The van der Waals surface area contributed by atoms with E-state index in [1.54, 1.807) is 42.9 Å². The Morgan fingerprint density at radius 1 is 0.966 bits per heavy atom. The molecule has 0 bridgehead atoms. The van der Waals surface area contributed by atoms with Gasteiger partial charge >= 0.3 is 0 Å². The number of pyridine rings is 2. The molecule has 8 nitrogen and oxygen atoms in total. The molecule has 1 aromatic carbocycles. The maximum atomic E-state index is 12.6. The van der Waals surface area contributed by atoms with Crippen LogP contribution in [0.25, 0.3) is 0 Å². The molecule has 1 amide bonds. The number of aromatic nitrogens is 2. The van der Waals surface area contributed by atoms with E-state index >= 15 is 0 Å². The molecule has 0 atom stereocenters. The van der Waals surface area contributed by atoms with Gasteiger partial charge in [-0.3, -0.25) is 9.78 Å². The van der Waals surface area contributed by atoms with Crippen molar-refractivity contribution in [1.82, 2.24) is 9.97 Å². The number of hydrogen-bond acceptors (Lipinski definition) is 7. The van der Waals surface area contributed by atoms with Crippen LogP contribution in [0.5, 0.6) is 17.2 Å². The molecule has 3 aromatic rings. The van der Waals surface area contributed by atoms with Crippen LogP contribution in [-0.4, -0.2) is 37.2 Å². The highest BCUT2D eigenvalue weighted by Gasteiger charge is 2.17. The van der Waals surface area contributed by atoms with Crippen LogP contribution in [-0.2, 0) is 6.54 Å². The number of hydrogen-bond donors (Lipinski definition) is 2. The maximum Gasteiger partial charge on any atom is 0.255 e. The van der Waals surface area contributed by atoms with Gasteiger partial charge in [0.25, 0.3) is 5.91 Å². The summed E-state index contributed by atoms with van der Waals surface area (Å²) in [5.74, 6) is 1.63. The summed E-state index contributed by atoms with van der Waals surface area (Å²) in [5, 5.41) is 6.03. The number of nitrogens with zero attached hydrogens (tertiary/aromatic N) is 2.